The number of hydrogen-bond acceptors (Lipinski definition) is 8. The van der Waals surface area contributed by atoms with Crippen LogP contribution in [0.15, 0.2) is 82.3 Å². The predicted octanol–water partition coefficient (Wildman–Crippen LogP) is 5.75. The van der Waals surface area contributed by atoms with E-state index in [1.807, 2.05) is 24.3 Å². The number of hydrogen-bond donors (Lipinski definition) is 2. The van der Waals surface area contributed by atoms with E-state index in [-0.39, 0.29) is 23.2 Å². The van der Waals surface area contributed by atoms with E-state index in [2.05, 4.69) is 10.3 Å². The van der Waals surface area contributed by atoms with E-state index in [0.717, 1.165) is 16.5 Å². The molecule has 1 amide bonds. The number of carbonyl (C=O) groups excluding carboxylic acids is 2. The van der Waals surface area contributed by atoms with Crippen molar-refractivity contribution in [3.05, 3.63) is 88.9 Å². The van der Waals surface area contributed by atoms with Crippen molar-refractivity contribution in [3.8, 4) is 28.4 Å². The maximum atomic E-state index is 13.4. The van der Waals surface area contributed by atoms with Crippen molar-refractivity contribution < 1.29 is 33.0 Å². The Bertz CT molecular complexity index is 1900. The Hall–Kier alpha value is -5.25. The lowest BCUT2D eigenvalue weighted by Gasteiger charge is -2.23. The molecule has 0 saturated carbocycles. The molecule has 0 spiro atoms. The Morgan fingerprint density at radius 2 is 1.77 bits per heavy atom. The summed E-state index contributed by atoms with van der Waals surface area (Å²) in [5, 5.41) is 3.89. The summed E-state index contributed by atoms with van der Waals surface area (Å²) in [6.45, 7) is 6.11. The van der Waals surface area contributed by atoms with Crippen LogP contribution in [0.5, 0.6) is 17.2 Å². The summed E-state index contributed by atoms with van der Waals surface area (Å²) in [5.74, 6) is 0.636. The number of esters is 1. The van der Waals surface area contributed by atoms with E-state index in [0.29, 0.717) is 41.2 Å². The normalized spacial score (nSPS) is 13.5. The highest BCUT2D eigenvalue weighted by Crippen LogP contribution is 2.34. The molecule has 0 fully saturated rings. The van der Waals surface area contributed by atoms with Gasteiger partial charge < -0.3 is 33.7 Å². The maximum Gasteiger partial charge on any atom is 0.408 e. The highest BCUT2D eigenvalue weighted by molar-refractivity contribution is 5.88. The molecule has 0 bridgehead atoms. The molecule has 0 aliphatic carbocycles. The molecule has 6 rings (SSSR count). The molecule has 1 aliphatic heterocycles. The van der Waals surface area contributed by atoms with Gasteiger partial charge in [0.25, 0.3) is 0 Å². The molecule has 2 N–H and O–H groups in total. The summed E-state index contributed by atoms with van der Waals surface area (Å²) in [4.78, 5) is 42.6. The number of fused-ring (bicyclic) bond motifs is 3. The zero-order chi connectivity index (χ0) is 30.1. The fourth-order valence-electron chi connectivity index (χ4n) is 4.93. The van der Waals surface area contributed by atoms with Gasteiger partial charge in [-0.3, -0.25) is 4.79 Å². The molecule has 2 aromatic heterocycles. The predicted molar refractivity (Wildman–Crippen MR) is 160 cm³/mol. The second-order valence-corrected chi connectivity index (χ2v) is 11.2. The van der Waals surface area contributed by atoms with Gasteiger partial charge in [0.05, 0.1) is 10.9 Å². The Balaban J connectivity index is 1.25. The molecular formula is C33H30N2O8. The molecule has 10 heteroatoms. The molecule has 1 unspecified atom stereocenters. The Kier molecular flexibility index (Phi) is 7.27. The Labute approximate surface area is 246 Å². The van der Waals surface area contributed by atoms with Crippen LogP contribution in [-0.4, -0.2) is 41.9 Å². The Morgan fingerprint density at radius 1 is 0.977 bits per heavy atom. The van der Waals surface area contributed by atoms with Crippen molar-refractivity contribution in [2.75, 3.05) is 13.2 Å². The molecule has 5 aromatic rings. The molecule has 3 aromatic carbocycles. The SMILES string of the molecule is CC(C)(C)OC(=O)NC(Cc1c[nH]c2ccccc12)C(=O)Oc1ccc2c(=O)c(-c3ccc4c(c3)OCCO4)coc2c1. The number of amides is 1. The summed E-state index contributed by atoms with van der Waals surface area (Å²) in [5.41, 5.74) is 1.95. The number of ether oxygens (including phenoxy) is 4. The van der Waals surface area contributed by atoms with Crippen molar-refractivity contribution >= 4 is 33.9 Å². The summed E-state index contributed by atoms with van der Waals surface area (Å²) in [6, 6.07) is 16.4. The lowest BCUT2D eigenvalue weighted by Crippen LogP contribution is -2.46. The van der Waals surface area contributed by atoms with Gasteiger partial charge in [-0.15, -0.1) is 0 Å². The van der Waals surface area contributed by atoms with Gasteiger partial charge in [-0.05, 0) is 62.2 Å². The summed E-state index contributed by atoms with van der Waals surface area (Å²) in [6.07, 6.45) is 2.58. The molecule has 1 atom stereocenters. The summed E-state index contributed by atoms with van der Waals surface area (Å²) < 4.78 is 28.1. The summed E-state index contributed by atoms with van der Waals surface area (Å²) >= 11 is 0. The number of rotatable bonds is 6. The van der Waals surface area contributed by atoms with Gasteiger partial charge in [0.15, 0.2) is 16.9 Å². The zero-order valence-electron chi connectivity index (χ0n) is 23.9. The minimum Gasteiger partial charge on any atom is -0.486 e. The molecule has 220 valence electrons. The van der Waals surface area contributed by atoms with Crippen LogP contribution in [0, 0.1) is 0 Å². The van der Waals surface area contributed by atoms with Crippen LogP contribution >= 0.6 is 0 Å². The van der Waals surface area contributed by atoms with Crippen molar-refractivity contribution in [2.24, 2.45) is 0 Å². The van der Waals surface area contributed by atoms with Crippen LogP contribution in [0.4, 0.5) is 4.79 Å². The molecule has 3 heterocycles. The highest BCUT2D eigenvalue weighted by atomic mass is 16.6. The summed E-state index contributed by atoms with van der Waals surface area (Å²) in [7, 11) is 0. The van der Waals surface area contributed by atoms with Crippen LogP contribution in [0.1, 0.15) is 26.3 Å². The number of alkyl carbamates (subject to hydrolysis) is 1. The van der Waals surface area contributed by atoms with Gasteiger partial charge in [0, 0.05) is 29.6 Å². The molecule has 0 radical (unpaired) electrons. The molecule has 10 nitrogen and oxygen atoms in total. The minimum absolute atomic E-state index is 0.155. The third-order valence-electron chi connectivity index (χ3n) is 6.89. The second kappa shape index (κ2) is 11.2. The van der Waals surface area contributed by atoms with Gasteiger partial charge in [0.2, 0.25) is 0 Å². The minimum atomic E-state index is -1.06. The van der Waals surface area contributed by atoms with E-state index >= 15 is 0 Å². The van der Waals surface area contributed by atoms with E-state index in [1.165, 1.54) is 18.4 Å². The average Bonchev–Trinajstić information content (AvgIpc) is 3.38. The third-order valence-corrected chi connectivity index (χ3v) is 6.89. The van der Waals surface area contributed by atoms with E-state index < -0.39 is 23.7 Å². The third kappa shape index (κ3) is 6.04. The van der Waals surface area contributed by atoms with Crippen LogP contribution in [0.2, 0.25) is 0 Å². The zero-order valence-corrected chi connectivity index (χ0v) is 23.9. The number of nitrogens with one attached hydrogen (secondary N) is 2. The standard InChI is InChI=1S/C33H30N2O8/c1-33(2,3)43-32(38)35-26(14-20-17-34-25-7-5-4-6-22(20)25)31(37)42-21-9-10-23-28(16-21)41-18-24(30(23)36)19-8-11-27-29(15-19)40-13-12-39-27/h4-11,15-18,26,34H,12-14H2,1-3H3,(H,35,38). The quantitative estimate of drug-likeness (QED) is 0.191. The molecule has 43 heavy (non-hydrogen) atoms. The van der Waals surface area contributed by atoms with Gasteiger partial charge in [-0.25, -0.2) is 9.59 Å². The fourth-order valence-corrected chi connectivity index (χ4v) is 4.93. The monoisotopic (exact) mass is 582 g/mol. The van der Waals surface area contributed by atoms with Crippen LogP contribution in [0.3, 0.4) is 0 Å². The number of aromatic amines is 1. The van der Waals surface area contributed by atoms with Crippen molar-refractivity contribution in [2.45, 2.75) is 38.8 Å². The van der Waals surface area contributed by atoms with Gasteiger partial charge in [-0.1, -0.05) is 24.3 Å². The first-order valence-electron chi connectivity index (χ1n) is 13.9. The second-order valence-electron chi connectivity index (χ2n) is 11.2. The smallest absolute Gasteiger partial charge is 0.408 e. The lowest BCUT2D eigenvalue weighted by molar-refractivity contribution is -0.136. The highest BCUT2D eigenvalue weighted by Gasteiger charge is 2.27. The topological polar surface area (TPSA) is 129 Å². The largest absolute Gasteiger partial charge is 0.486 e. The Morgan fingerprint density at radius 3 is 2.58 bits per heavy atom. The van der Waals surface area contributed by atoms with Crippen LogP contribution in [-0.2, 0) is 16.0 Å². The maximum absolute atomic E-state index is 13.4. The average molecular weight is 583 g/mol. The molecular weight excluding hydrogens is 552 g/mol. The van der Waals surface area contributed by atoms with E-state index in [4.69, 9.17) is 23.4 Å². The number of benzene rings is 3. The first-order valence-corrected chi connectivity index (χ1v) is 13.9. The number of carbonyl (C=O) groups is 2. The van der Waals surface area contributed by atoms with E-state index in [1.54, 1.807) is 51.2 Å². The number of aromatic nitrogens is 1. The molecule has 1 aliphatic rings. The van der Waals surface area contributed by atoms with Crippen molar-refractivity contribution in [3.63, 3.8) is 0 Å². The number of H-pyrrole nitrogens is 1. The van der Waals surface area contributed by atoms with Gasteiger partial charge >= 0.3 is 12.1 Å². The van der Waals surface area contributed by atoms with Crippen molar-refractivity contribution in [1.82, 2.24) is 10.3 Å². The first kappa shape index (κ1) is 27.9. The number of para-hydroxylation sites is 1. The molecule has 0 saturated heterocycles. The van der Waals surface area contributed by atoms with Crippen LogP contribution in [0.25, 0.3) is 33.0 Å². The first-order chi connectivity index (χ1) is 20.6. The fraction of sp³-hybridized carbons (Fsp3) is 0.242. The lowest BCUT2D eigenvalue weighted by atomic mass is 10.0. The van der Waals surface area contributed by atoms with Gasteiger partial charge in [0.1, 0.15) is 42.5 Å². The van der Waals surface area contributed by atoms with Crippen molar-refractivity contribution in [1.29, 1.82) is 0 Å². The van der Waals surface area contributed by atoms with Crippen LogP contribution < -0.4 is 25.0 Å². The van der Waals surface area contributed by atoms with E-state index in [9.17, 15) is 14.4 Å². The van der Waals surface area contributed by atoms with Gasteiger partial charge in [-0.2, -0.15) is 0 Å².